The number of esters is 1. The van der Waals surface area contributed by atoms with Crippen LogP contribution in [0, 0.1) is 5.82 Å². The average Bonchev–Trinajstić information content (AvgIpc) is 2.28. The molecule has 1 aromatic carbocycles. The fourth-order valence-corrected chi connectivity index (χ4v) is 1.51. The molecule has 0 atom stereocenters. The Hall–Kier alpha value is -1.97. The van der Waals surface area contributed by atoms with Gasteiger partial charge in [-0.1, -0.05) is 0 Å². The van der Waals surface area contributed by atoms with E-state index in [-0.39, 0.29) is 5.82 Å². The number of carbonyl (C=O) groups is 1. The molecule has 0 N–H and O–H groups in total. The van der Waals surface area contributed by atoms with E-state index in [0.717, 1.165) is 0 Å². The van der Waals surface area contributed by atoms with Crippen LogP contribution in [0.1, 0.15) is 17.3 Å². The lowest BCUT2D eigenvalue weighted by Crippen LogP contribution is -2.05. The van der Waals surface area contributed by atoms with Gasteiger partial charge in [-0.15, -0.1) is 0 Å². The third-order valence-corrected chi connectivity index (χ3v) is 2.20. The summed E-state index contributed by atoms with van der Waals surface area (Å²) in [5, 5.41) is 0.599. The minimum absolute atomic E-state index is 0.309. The molecule has 82 valence electrons. The Morgan fingerprint density at radius 1 is 1.44 bits per heavy atom. The molecule has 1 heterocycles. The molecule has 3 nitrogen and oxygen atoms in total. The molecule has 2 aromatic rings. The van der Waals surface area contributed by atoms with Crippen molar-refractivity contribution >= 4 is 16.9 Å². The minimum Gasteiger partial charge on any atom is -0.462 e. The van der Waals surface area contributed by atoms with Crippen LogP contribution in [-0.2, 0) is 4.74 Å². The lowest BCUT2D eigenvalue weighted by atomic mass is 10.1. The Bertz CT molecular complexity index is 540. The maximum absolute atomic E-state index is 13.0. The average molecular weight is 219 g/mol. The lowest BCUT2D eigenvalue weighted by Gasteiger charge is -2.05. The number of ether oxygens (including phenoxy) is 1. The van der Waals surface area contributed by atoms with Crippen LogP contribution in [0.3, 0.4) is 0 Å². The zero-order chi connectivity index (χ0) is 11.5. The zero-order valence-corrected chi connectivity index (χ0v) is 8.74. The van der Waals surface area contributed by atoms with Crippen molar-refractivity contribution in [2.45, 2.75) is 6.92 Å². The van der Waals surface area contributed by atoms with Crippen LogP contribution in [0.4, 0.5) is 4.39 Å². The number of fused-ring (bicyclic) bond motifs is 1. The predicted molar refractivity (Wildman–Crippen MR) is 57.7 cm³/mol. The zero-order valence-electron chi connectivity index (χ0n) is 8.74. The molecule has 0 saturated carbocycles. The maximum atomic E-state index is 13.0. The van der Waals surface area contributed by atoms with Crippen molar-refractivity contribution in [1.29, 1.82) is 0 Å². The molecule has 0 aliphatic carbocycles. The first-order chi connectivity index (χ1) is 7.72. The SMILES string of the molecule is CCOC(=O)c1ccnc2cc(F)ccc12. The van der Waals surface area contributed by atoms with Gasteiger partial charge in [0.15, 0.2) is 0 Å². The van der Waals surface area contributed by atoms with E-state index in [1.807, 2.05) is 0 Å². The second kappa shape index (κ2) is 4.26. The van der Waals surface area contributed by atoms with Crippen LogP contribution in [0.2, 0.25) is 0 Å². The second-order valence-electron chi connectivity index (χ2n) is 3.24. The van der Waals surface area contributed by atoms with Crippen LogP contribution in [0.5, 0.6) is 0 Å². The van der Waals surface area contributed by atoms with Gasteiger partial charge in [0.2, 0.25) is 0 Å². The molecular weight excluding hydrogens is 209 g/mol. The summed E-state index contributed by atoms with van der Waals surface area (Å²) in [5.74, 6) is -0.789. The third-order valence-electron chi connectivity index (χ3n) is 2.20. The summed E-state index contributed by atoms with van der Waals surface area (Å²) in [6.07, 6.45) is 1.47. The fourth-order valence-electron chi connectivity index (χ4n) is 1.51. The van der Waals surface area contributed by atoms with E-state index in [0.29, 0.717) is 23.1 Å². The molecule has 0 bridgehead atoms. The molecule has 0 spiro atoms. The number of pyridine rings is 1. The smallest absolute Gasteiger partial charge is 0.338 e. The molecule has 0 aliphatic rings. The van der Waals surface area contributed by atoms with Gasteiger partial charge in [-0.3, -0.25) is 4.98 Å². The summed E-state index contributed by atoms with van der Waals surface area (Å²) in [5.41, 5.74) is 0.859. The van der Waals surface area contributed by atoms with Gasteiger partial charge in [0, 0.05) is 17.6 Å². The largest absolute Gasteiger partial charge is 0.462 e. The van der Waals surface area contributed by atoms with Crippen LogP contribution >= 0.6 is 0 Å². The summed E-state index contributed by atoms with van der Waals surface area (Å²) in [7, 11) is 0. The molecular formula is C12H10FNO2. The fraction of sp³-hybridized carbons (Fsp3) is 0.167. The van der Waals surface area contributed by atoms with Crippen LogP contribution in [0.25, 0.3) is 10.9 Å². The van der Waals surface area contributed by atoms with Crippen LogP contribution in [-0.4, -0.2) is 17.6 Å². The van der Waals surface area contributed by atoms with Crippen molar-refractivity contribution in [3.63, 3.8) is 0 Å². The van der Waals surface area contributed by atoms with Gasteiger partial charge in [-0.2, -0.15) is 0 Å². The first kappa shape index (κ1) is 10.5. The van der Waals surface area contributed by atoms with Gasteiger partial charge in [0.25, 0.3) is 0 Å². The standard InChI is InChI=1S/C12H10FNO2/c1-2-16-12(15)10-5-6-14-11-7-8(13)3-4-9(10)11/h3-7H,2H2,1H3. The molecule has 4 heteroatoms. The van der Waals surface area contributed by atoms with Crippen LogP contribution in [0.15, 0.2) is 30.5 Å². The Kier molecular flexibility index (Phi) is 2.81. The van der Waals surface area contributed by atoms with Crippen molar-refractivity contribution in [2.75, 3.05) is 6.61 Å². The van der Waals surface area contributed by atoms with E-state index < -0.39 is 5.97 Å². The number of benzene rings is 1. The first-order valence-corrected chi connectivity index (χ1v) is 4.93. The van der Waals surface area contributed by atoms with Crippen molar-refractivity contribution in [3.05, 3.63) is 41.8 Å². The number of aromatic nitrogens is 1. The molecule has 2 rings (SSSR count). The summed E-state index contributed by atoms with van der Waals surface area (Å²) in [6.45, 7) is 2.05. The number of nitrogens with zero attached hydrogens (tertiary/aromatic N) is 1. The van der Waals surface area contributed by atoms with E-state index in [2.05, 4.69) is 4.98 Å². The predicted octanol–water partition coefficient (Wildman–Crippen LogP) is 2.55. The third kappa shape index (κ3) is 1.86. The Balaban J connectivity index is 2.58. The Labute approximate surface area is 91.9 Å². The number of halogens is 1. The molecule has 16 heavy (non-hydrogen) atoms. The van der Waals surface area contributed by atoms with Crippen molar-refractivity contribution < 1.29 is 13.9 Å². The number of carbonyl (C=O) groups excluding carboxylic acids is 1. The molecule has 0 amide bonds. The van der Waals surface area contributed by atoms with Crippen LogP contribution < -0.4 is 0 Å². The van der Waals surface area contributed by atoms with Crippen molar-refractivity contribution in [3.8, 4) is 0 Å². The molecule has 1 aromatic heterocycles. The Morgan fingerprint density at radius 3 is 3.00 bits per heavy atom. The molecule has 0 aliphatic heterocycles. The highest BCUT2D eigenvalue weighted by Gasteiger charge is 2.11. The molecule has 0 saturated heterocycles. The van der Waals surface area contributed by atoms with E-state index in [1.165, 1.54) is 24.4 Å². The highest BCUT2D eigenvalue weighted by Crippen LogP contribution is 2.18. The van der Waals surface area contributed by atoms with E-state index >= 15 is 0 Å². The molecule has 0 unspecified atom stereocenters. The van der Waals surface area contributed by atoms with Gasteiger partial charge in [-0.25, -0.2) is 9.18 Å². The Morgan fingerprint density at radius 2 is 2.25 bits per heavy atom. The first-order valence-electron chi connectivity index (χ1n) is 4.93. The second-order valence-corrected chi connectivity index (χ2v) is 3.24. The molecule has 0 radical (unpaired) electrons. The number of hydrogen-bond donors (Lipinski definition) is 0. The van der Waals surface area contributed by atoms with Gasteiger partial charge < -0.3 is 4.74 Å². The van der Waals surface area contributed by atoms with E-state index in [1.54, 1.807) is 13.0 Å². The normalized spacial score (nSPS) is 10.4. The summed E-state index contributed by atoms with van der Waals surface area (Å²) >= 11 is 0. The topological polar surface area (TPSA) is 39.2 Å². The van der Waals surface area contributed by atoms with E-state index in [9.17, 15) is 9.18 Å². The minimum atomic E-state index is -0.415. The van der Waals surface area contributed by atoms with Gasteiger partial charge in [0.1, 0.15) is 5.82 Å². The van der Waals surface area contributed by atoms with Gasteiger partial charge >= 0.3 is 5.97 Å². The lowest BCUT2D eigenvalue weighted by molar-refractivity contribution is 0.0528. The number of hydrogen-bond acceptors (Lipinski definition) is 3. The van der Waals surface area contributed by atoms with E-state index in [4.69, 9.17) is 4.74 Å². The van der Waals surface area contributed by atoms with Crippen molar-refractivity contribution in [2.24, 2.45) is 0 Å². The molecule has 0 fully saturated rings. The number of rotatable bonds is 2. The highest BCUT2D eigenvalue weighted by molar-refractivity contribution is 6.03. The highest BCUT2D eigenvalue weighted by atomic mass is 19.1. The summed E-state index contributed by atoms with van der Waals surface area (Å²) in [4.78, 5) is 15.6. The van der Waals surface area contributed by atoms with Crippen molar-refractivity contribution in [1.82, 2.24) is 4.98 Å². The maximum Gasteiger partial charge on any atom is 0.338 e. The summed E-state index contributed by atoms with van der Waals surface area (Å²) in [6, 6.07) is 5.69. The van der Waals surface area contributed by atoms with Gasteiger partial charge in [0.05, 0.1) is 17.7 Å². The quantitative estimate of drug-likeness (QED) is 0.728. The van der Waals surface area contributed by atoms with Gasteiger partial charge in [-0.05, 0) is 25.1 Å². The summed E-state index contributed by atoms with van der Waals surface area (Å²) < 4.78 is 17.9. The monoisotopic (exact) mass is 219 g/mol.